The number of benzene rings is 1. The highest BCUT2D eigenvalue weighted by molar-refractivity contribution is 5.47. The normalized spacial score (nSPS) is 10.2. The van der Waals surface area contributed by atoms with Crippen molar-refractivity contribution in [3.8, 4) is 5.75 Å². The average molecular weight is 183 g/mol. The standard InChI is InChI=1S/C10H14FNO/c1-7(2)13-8-4-5-10(12-3)9(11)6-8/h4-7,12H,1-3H3. The van der Waals surface area contributed by atoms with Gasteiger partial charge in [-0.2, -0.15) is 0 Å². The molecule has 13 heavy (non-hydrogen) atoms. The van der Waals surface area contributed by atoms with Crippen LogP contribution in [0.3, 0.4) is 0 Å². The highest BCUT2D eigenvalue weighted by atomic mass is 19.1. The van der Waals surface area contributed by atoms with Crippen LogP contribution in [0.15, 0.2) is 18.2 Å². The fourth-order valence-corrected chi connectivity index (χ4v) is 1.04. The first-order chi connectivity index (χ1) is 6.13. The van der Waals surface area contributed by atoms with Crippen LogP contribution in [0.25, 0.3) is 0 Å². The first-order valence-corrected chi connectivity index (χ1v) is 4.27. The quantitative estimate of drug-likeness (QED) is 0.777. The van der Waals surface area contributed by atoms with Crippen molar-refractivity contribution in [3.63, 3.8) is 0 Å². The SMILES string of the molecule is CNc1ccc(OC(C)C)cc1F. The van der Waals surface area contributed by atoms with Gasteiger partial charge >= 0.3 is 0 Å². The monoisotopic (exact) mass is 183 g/mol. The van der Waals surface area contributed by atoms with Crippen LogP contribution in [0, 0.1) is 5.82 Å². The molecule has 0 bridgehead atoms. The van der Waals surface area contributed by atoms with Gasteiger partial charge in [0.25, 0.3) is 0 Å². The third kappa shape index (κ3) is 2.61. The van der Waals surface area contributed by atoms with Crippen molar-refractivity contribution >= 4 is 5.69 Å². The molecular formula is C10H14FNO. The van der Waals surface area contributed by atoms with Gasteiger partial charge in [0.2, 0.25) is 0 Å². The Morgan fingerprint density at radius 1 is 1.38 bits per heavy atom. The molecule has 0 radical (unpaired) electrons. The van der Waals surface area contributed by atoms with Crippen molar-refractivity contribution in [1.82, 2.24) is 0 Å². The second-order valence-corrected chi connectivity index (χ2v) is 3.06. The van der Waals surface area contributed by atoms with Gasteiger partial charge in [0.1, 0.15) is 11.6 Å². The molecule has 0 fully saturated rings. The molecule has 2 nitrogen and oxygen atoms in total. The molecule has 0 unspecified atom stereocenters. The van der Waals surface area contributed by atoms with E-state index in [9.17, 15) is 4.39 Å². The van der Waals surface area contributed by atoms with Crippen molar-refractivity contribution < 1.29 is 9.13 Å². The van der Waals surface area contributed by atoms with E-state index in [-0.39, 0.29) is 11.9 Å². The van der Waals surface area contributed by atoms with E-state index in [1.54, 1.807) is 19.2 Å². The van der Waals surface area contributed by atoms with E-state index in [4.69, 9.17) is 4.74 Å². The molecule has 0 saturated carbocycles. The molecule has 0 spiro atoms. The molecule has 0 aliphatic rings. The van der Waals surface area contributed by atoms with Crippen LogP contribution < -0.4 is 10.1 Å². The fraction of sp³-hybridized carbons (Fsp3) is 0.400. The lowest BCUT2D eigenvalue weighted by atomic mass is 10.3. The van der Waals surface area contributed by atoms with Gasteiger partial charge in [-0.1, -0.05) is 0 Å². The highest BCUT2D eigenvalue weighted by Crippen LogP contribution is 2.20. The van der Waals surface area contributed by atoms with Gasteiger partial charge in [0, 0.05) is 13.1 Å². The molecule has 72 valence electrons. The molecular weight excluding hydrogens is 169 g/mol. The number of nitrogens with one attached hydrogen (secondary N) is 1. The Balaban J connectivity index is 2.83. The van der Waals surface area contributed by atoms with Crippen LogP contribution in [0.2, 0.25) is 0 Å². The summed E-state index contributed by atoms with van der Waals surface area (Å²) in [6, 6.07) is 4.79. The smallest absolute Gasteiger partial charge is 0.149 e. The Labute approximate surface area is 77.7 Å². The number of ether oxygens (including phenoxy) is 1. The summed E-state index contributed by atoms with van der Waals surface area (Å²) < 4.78 is 18.5. The molecule has 0 saturated heterocycles. The van der Waals surface area contributed by atoms with Gasteiger partial charge in [-0.25, -0.2) is 4.39 Å². The molecule has 0 aliphatic heterocycles. The van der Waals surface area contributed by atoms with Crippen LogP contribution in [0.5, 0.6) is 5.75 Å². The van der Waals surface area contributed by atoms with Crippen LogP contribution in [0.4, 0.5) is 10.1 Å². The van der Waals surface area contributed by atoms with Crippen molar-refractivity contribution in [1.29, 1.82) is 0 Å². The number of hydrogen-bond donors (Lipinski definition) is 1. The zero-order valence-electron chi connectivity index (χ0n) is 8.10. The summed E-state index contributed by atoms with van der Waals surface area (Å²) >= 11 is 0. The van der Waals surface area contributed by atoms with Crippen LogP contribution in [0.1, 0.15) is 13.8 Å². The molecule has 1 rings (SSSR count). The van der Waals surface area contributed by atoms with Gasteiger partial charge in [-0.3, -0.25) is 0 Å². The van der Waals surface area contributed by atoms with Gasteiger partial charge in [0.15, 0.2) is 0 Å². The first kappa shape index (κ1) is 9.84. The summed E-state index contributed by atoms with van der Waals surface area (Å²) in [4.78, 5) is 0. The number of hydrogen-bond acceptors (Lipinski definition) is 2. The lowest BCUT2D eigenvalue weighted by Gasteiger charge is -2.10. The minimum atomic E-state index is -0.291. The summed E-state index contributed by atoms with van der Waals surface area (Å²) in [6.45, 7) is 3.81. The number of halogens is 1. The van der Waals surface area contributed by atoms with Crippen molar-refractivity contribution in [2.75, 3.05) is 12.4 Å². The van der Waals surface area contributed by atoms with Crippen molar-refractivity contribution in [2.24, 2.45) is 0 Å². The van der Waals surface area contributed by atoms with Gasteiger partial charge in [0.05, 0.1) is 11.8 Å². The topological polar surface area (TPSA) is 21.3 Å². The van der Waals surface area contributed by atoms with E-state index in [0.717, 1.165) is 0 Å². The summed E-state index contributed by atoms with van der Waals surface area (Å²) in [5.74, 6) is 0.271. The molecule has 0 aliphatic carbocycles. The molecule has 1 aromatic rings. The Hall–Kier alpha value is -1.25. The fourth-order valence-electron chi connectivity index (χ4n) is 1.04. The summed E-state index contributed by atoms with van der Waals surface area (Å²) in [5, 5.41) is 2.75. The largest absolute Gasteiger partial charge is 0.491 e. The van der Waals surface area contributed by atoms with E-state index in [0.29, 0.717) is 11.4 Å². The van der Waals surface area contributed by atoms with E-state index in [2.05, 4.69) is 5.32 Å². The predicted molar refractivity (Wildman–Crippen MR) is 51.7 cm³/mol. The lowest BCUT2D eigenvalue weighted by molar-refractivity contribution is 0.241. The van der Waals surface area contributed by atoms with Gasteiger partial charge in [-0.15, -0.1) is 0 Å². The maximum absolute atomic E-state index is 13.2. The zero-order valence-corrected chi connectivity index (χ0v) is 8.10. The molecule has 1 N–H and O–H groups in total. The van der Waals surface area contributed by atoms with E-state index in [1.807, 2.05) is 13.8 Å². The summed E-state index contributed by atoms with van der Waals surface area (Å²) in [5.41, 5.74) is 0.483. The molecule has 3 heteroatoms. The summed E-state index contributed by atoms with van der Waals surface area (Å²) in [7, 11) is 1.68. The van der Waals surface area contributed by atoms with Gasteiger partial charge < -0.3 is 10.1 Å². The Morgan fingerprint density at radius 3 is 2.54 bits per heavy atom. The second-order valence-electron chi connectivity index (χ2n) is 3.06. The minimum Gasteiger partial charge on any atom is -0.491 e. The van der Waals surface area contributed by atoms with Crippen LogP contribution in [-0.2, 0) is 0 Å². The second kappa shape index (κ2) is 4.12. The maximum Gasteiger partial charge on any atom is 0.149 e. The predicted octanol–water partition coefficient (Wildman–Crippen LogP) is 2.65. The van der Waals surface area contributed by atoms with Crippen LogP contribution >= 0.6 is 0 Å². The van der Waals surface area contributed by atoms with Gasteiger partial charge in [-0.05, 0) is 26.0 Å². The molecule has 0 amide bonds. The Bertz CT molecular complexity index is 286. The number of anilines is 1. The first-order valence-electron chi connectivity index (χ1n) is 4.27. The Kier molecular flexibility index (Phi) is 3.12. The van der Waals surface area contributed by atoms with E-state index >= 15 is 0 Å². The average Bonchev–Trinajstić information content (AvgIpc) is 2.03. The molecule has 1 aromatic carbocycles. The van der Waals surface area contributed by atoms with E-state index < -0.39 is 0 Å². The van der Waals surface area contributed by atoms with E-state index in [1.165, 1.54) is 6.07 Å². The maximum atomic E-state index is 13.2. The Morgan fingerprint density at radius 2 is 2.08 bits per heavy atom. The number of rotatable bonds is 3. The minimum absolute atomic E-state index is 0.0693. The molecule has 0 atom stereocenters. The molecule has 0 heterocycles. The third-order valence-electron chi connectivity index (χ3n) is 1.58. The highest BCUT2D eigenvalue weighted by Gasteiger charge is 2.03. The third-order valence-corrected chi connectivity index (χ3v) is 1.58. The van der Waals surface area contributed by atoms with Crippen LogP contribution in [-0.4, -0.2) is 13.2 Å². The lowest BCUT2D eigenvalue weighted by Crippen LogP contribution is -2.05. The van der Waals surface area contributed by atoms with Crippen molar-refractivity contribution in [3.05, 3.63) is 24.0 Å². The molecule has 0 aromatic heterocycles. The summed E-state index contributed by atoms with van der Waals surface area (Å²) in [6.07, 6.45) is 0.0693. The van der Waals surface area contributed by atoms with Crippen molar-refractivity contribution in [2.45, 2.75) is 20.0 Å². The zero-order chi connectivity index (χ0) is 9.84.